The van der Waals surface area contributed by atoms with Crippen molar-refractivity contribution in [3.05, 3.63) is 94.0 Å². The van der Waals surface area contributed by atoms with Crippen LogP contribution in [-0.4, -0.2) is 14.3 Å². The smallest absolute Gasteiger partial charge is 0.263 e. The molecular formula is C26H29ClN2O3S. The second kappa shape index (κ2) is 9.57. The third-order valence-corrected chi connectivity index (χ3v) is 7.34. The molecule has 0 saturated carbocycles. The van der Waals surface area contributed by atoms with E-state index in [0.717, 1.165) is 11.1 Å². The minimum atomic E-state index is -3.98. The van der Waals surface area contributed by atoms with Gasteiger partial charge in [-0.15, -0.1) is 0 Å². The SMILES string of the molecule is Cc1ccccc1NS(=O)(=O)c1cc(C(=O)N[C@@H](C)c2ccc(C(C)(C)C)cc2)ccc1Cl. The van der Waals surface area contributed by atoms with Gasteiger partial charge in [-0.1, -0.05) is 74.8 Å². The van der Waals surface area contributed by atoms with Crippen molar-refractivity contribution in [3.63, 3.8) is 0 Å². The Morgan fingerprint density at radius 1 is 0.970 bits per heavy atom. The second-order valence-electron chi connectivity index (χ2n) is 9.13. The van der Waals surface area contributed by atoms with Crippen LogP contribution in [0.2, 0.25) is 5.02 Å². The molecule has 7 heteroatoms. The number of hydrogen-bond acceptors (Lipinski definition) is 3. The summed E-state index contributed by atoms with van der Waals surface area (Å²) in [6.07, 6.45) is 0. The van der Waals surface area contributed by atoms with Crippen LogP contribution in [-0.2, 0) is 15.4 Å². The Morgan fingerprint density at radius 2 is 1.61 bits per heavy atom. The summed E-state index contributed by atoms with van der Waals surface area (Å²) in [6.45, 7) is 10.1. The van der Waals surface area contributed by atoms with Gasteiger partial charge in [-0.25, -0.2) is 8.42 Å². The third-order valence-electron chi connectivity index (χ3n) is 5.50. The quantitative estimate of drug-likeness (QED) is 0.435. The normalized spacial score (nSPS) is 12.8. The fraction of sp³-hybridized carbons (Fsp3) is 0.269. The van der Waals surface area contributed by atoms with Crippen LogP contribution in [0, 0.1) is 6.92 Å². The lowest BCUT2D eigenvalue weighted by Crippen LogP contribution is -2.27. The van der Waals surface area contributed by atoms with E-state index >= 15 is 0 Å². The molecule has 0 fully saturated rings. The number of para-hydroxylation sites is 1. The minimum absolute atomic E-state index is 0.0402. The van der Waals surface area contributed by atoms with Crippen molar-refractivity contribution >= 4 is 33.2 Å². The van der Waals surface area contributed by atoms with Crippen molar-refractivity contribution in [2.75, 3.05) is 4.72 Å². The lowest BCUT2D eigenvalue weighted by molar-refractivity contribution is 0.0939. The lowest BCUT2D eigenvalue weighted by atomic mass is 9.86. The molecule has 0 aliphatic rings. The van der Waals surface area contributed by atoms with Crippen LogP contribution in [0.4, 0.5) is 5.69 Å². The highest BCUT2D eigenvalue weighted by Crippen LogP contribution is 2.27. The molecule has 0 aliphatic carbocycles. The highest BCUT2D eigenvalue weighted by Gasteiger charge is 2.22. The molecule has 0 heterocycles. The maximum absolute atomic E-state index is 13.0. The fourth-order valence-electron chi connectivity index (χ4n) is 3.37. The number of sulfonamides is 1. The van der Waals surface area contributed by atoms with Gasteiger partial charge in [0.15, 0.2) is 0 Å². The van der Waals surface area contributed by atoms with E-state index in [0.29, 0.717) is 5.69 Å². The number of nitrogens with one attached hydrogen (secondary N) is 2. The Bertz CT molecular complexity index is 1260. The van der Waals surface area contributed by atoms with E-state index in [-0.39, 0.29) is 32.8 Å². The fourth-order valence-corrected chi connectivity index (χ4v) is 5.03. The van der Waals surface area contributed by atoms with Gasteiger partial charge in [-0.3, -0.25) is 9.52 Å². The molecule has 0 radical (unpaired) electrons. The monoisotopic (exact) mass is 484 g/mol. The Labute approximate surface area is 201 Å². The molecule has 0 bridgehead atoms. The summed E-state index contributed by atoms with van der Waals surface area (Å²) in [4.78, 5) is 12.7. The van der Waals surface area contributed by atoms with E-state index < -0.39 is 10.0 Å². The molecular weight excluding hydrogens is 456 g/mol. The molecule has 0 aliphatic heterocycles. The van der Waals surface area contributed by atoms with E-state index in [2.05, 4.69) is 42.9 Å². The van der Waals surface area contributed by atoms with Gasteiger partial charge in [-0.2, -0.15) is 0 Å². The Balaban J connectivity index is 1.81. The van der Waals surface area contributed by atoms with Crippen molar-refractivity contribution in [3.8, 4) is 0 Å². The molecule has 1 amide bonds. The molecule has 1 atom stereocenters. The number of aryl methyl sites for hydroxylation is 1. The maximum Gasteiger partial charge on any atom is 0.263 e. The Kier molecular flexibility index (Phi) is 7.20. The molecule has 3 aromatic carbocycles. The molecule has 0 spiro atoms. The second-order valence-corrected chi connectivity index (χ2v) is 11.2. The zero-order chi connectivity index (χ0) is 24.4. The molecule has 174 valence electrons. The van der Waals surface area contributed by atoms with E-state index in [4.69, 9.17) is 11.6 Å². The summed E-state index contributed by atoms with van der Waals surface area (Å²) in [5, 5.41) is 2.97. The number of rotatable bonds is 6. The largest absolute Gasteiger partial charge is 0.346 e. The topological polar surface area (TPSA) is 75.3 Å². The van der Waals surface area contributed by atoms with Crippen molar-refractivity contribution in [1.82, 2.24) is 5.32 Å². The zero-order valence-corrected chi connectivity index (χ0v) is 21.0. The molecule has 0 unspecified atom stereocenters. The minimum Gasteiger partial charge on any atom is -0.346 e. The predicted octanol–water partition coefficient (Wildman–Crippen LogP) is 6.24. The molecule has 3 aromatic rings. The molecule has 33 heavy (non-hydrogen) atoms. The number of amides is 1. The van der Waals surface area contributed by atoms with Crippen LogP contribution >= 0.6 is 11.6 Å². The summed E-state index contributed by atoms with van der Waals surface area (Å²) >= 11 is 6.19. The molecule has 3 rings (SSSR count). The van der Waals surface area contributed by atoms with E-state index in [1.165, 1.54) is 23.8 Å². The summed E-state index contributed by atoms with van der Waals surface area (Å²) in [6, 6.07) is 19.1. The van der Waals surface area contributed by atoms with Gasteiger partial charge in [0, 0.05) is 5.56 Å². The van der Waals surface area contributed by atoms with Crippen LogP contribution in [0.25, 0.3) is 0 Å². The summed E-state index contributed by atoms with van der Waals surface area (Å²) in [7, 11) is -3.98. The number of carbonyl (C=O) groups is 1. The van der Waals surface area contributed by atoms with Crippen LogP contribution < -0.4 is 10.0 Å². The van der Waals surface area contributed by atoms with E-state index in [1.807, 2.05) is 25.1 Å². The number of carbonyl (C=O) groups excluding carboxylic acids is 1. The van der Waals surface area contributed by atoms with Gasteiger partial charge in [0.05, 0.1) is 16.8 Å². The Morgan fingerprint density at radius 3 is 2.21 bits per heavy atom. The highest BCUT2D eigenvalue weighted by molar-refractivity contribution is 7.92. The summed E-state index contributed by atoms with van der Waals surface area (Å²) < 4.78 is 28.5. The highest BCUT2D eigenvalue weighted by atomic mass is 35.5. The van der Waals surface area contributed by atoms with Gasteiger partial charge in [0.25, 0.3) is 15.9 Å². The lowest BCUT2D eigenvalue weighted by Gasteiger charge is -2.21. The first kappa shape index (κ1) is 24.8. The predicted molar refractivity (Wildman–Crippen MR) is 134 cm³/mol. The van der Waals surface area contributed by atoms with Crippen molar-refractivity contribution in [1.29, 1.82) is 0 Å². The number of hydrogen-bond donors (Lipinski definition) is 2. The molecule has 0 aromatic heterocycles. The first-order valence-electron chi connectivity index (χ1n) is 10.7. The third kappa shape index (κ3) is 5.95. The first-order valence-corrected chi connectivity index (χ1v) is 12.5. The summed E-state index contributed by atoms with van der Waals surface area (Å²) in [5.74, 6) is -0.383. The van der Waals surface area contributed by atoms with Crippen molar-refractivity contribution < 1.29 is 13.2 Å². The molecule has 0 saturated heterocycles. The molecule has 5 nitrogen and oxygen atoms in total. The number of benzene rings is 3. The van der Waals surface area contributed by atoms with Crippen molar-refractivity contribution in [2.24, 2.45) is 0 Å². The average molecular weight is 485 g/mol. The van der Waals surface area contributed by atoms with Gasteiger partial charge >= 0.3 is 0 Å². The van der Waals surface area contributed by atoms with E-state index in [9.17, 15) is 13.2 Å². The number of halogens is 1. The average Bonchev–Trinajstić information content (AvgIpc) is 2.74. The van der Waals surface area contributed by atoms with Crippen LogP contribution in [0.5, 0.6) is 0 Å². The van der Waals surface area contributed by atoms with E-state index in [1.54, 1.807) is 25.1 Å². The Hall–Kier alpha value is -2.83. The molecule has 2 N–H and O–H groups in total. The maximum atomic E-state index is 13.0. The first-order chi connectivity index (χ1) is 15.4. The van der Waals surface area contributed by atoms with Crippen LogP contribution in [0.1, 0.15) is 60.8 Å². The standard InChI is InChI=1S/C26H29ClN2O3S/c1-17-8-6-7-9-23(17)29-33(31,32)24-16-20(12-15-22(24)27)25(30)28-18(2)19-10-13-21(14-11-19)26(3,4)5/h6-16,18,29H,1-5H3,(H,28,30)/t18-/m0/s1. The van der Waals surface area contributed by atoms with Gasteiger partial charge in [0.1, 0.15) is 4.90 Å². The number of anilines is 1. The zero-order valence-electron chi connectivity index (χ0n) is 19.4. The summed E-state index contributed by atoms with van der Waals surface area (Å²) in [5.41, 5.74) is 3.65. The van der Waals surface area contributed by atoms with Crippen LogP contribution in [0.15, 0.2) is 71.6 Å². The van der Waals surface area contributed by atoms with Crippen LogP contribution in [0.3, 0.4) is 0 Å². The van der Waals surface area contributed by atoms with Gasteiger partial charge < -0.3 is 5.32 Å². The van der Waals surface area contributed by atoms with Gasteiger partial charge in [-0.05, 0) is 60.2 Å². The van der Waals surface area contributed by atoms with Crippen molar-refractivity contribution in [2.45, 2.75) is 51.0 Å². The van der Waals surface area contributed by atoms with Gasteiger partial charge in [0.2, 0.25) is 0 Å².